The van der Waals surface area contributed by atoms with Gasteiger partial charge >= 0.3 is 0 Å². The predicted molar refractivity (Wildman–Crippen MR) is 72.3 cm³/mol. The Morgan fingerprint density at radius 2 is 2.18 bits per heavy atom. The van der Waals surface area contributed by atoms with E-state index >= 15 is 0 Å². The molecule has 1 rings (SSSR count). The van der Waals surface area contributed by atoms with E-state index in [4.69, 9.17) is 17.3 Å². The zero-order valence-corrected chi connectivity index (χ0v) is 10.9. The van der Waals surface area contributed by atoms with Gasteiger partial charge < -0.3 is 10.6 Å². The molecular formula is C13H17ClN2O. The summed E-state index contributed by atoms with van der Waals surface area (Å²) < 4.78 is 0. The minimum Gasteiger partial charge on any atom is -0.398 e. The second-order valence-corrected chi connectivity index (χ2v) is 4.44. The minimum atomic E-state index is -0.0929. The van der Waals surface area contributed by atoms with Crippen molar-refractivity contribution < 1.29 is 4.79 Å². The Balaban J connectivity index is 2.97. The average molecular weight is 253 g/mol. The van der Waals surface area contributed by atoms with Gasteiger partial charge in [-0.2, -0.15) is 0 Å². The third-order valence-electron chi connectivity index (χ3n) is 2.37. The molecule has 2 N–H and O–H groups in total. The quantitative estimate of drug-likeness (QED) is 0.662. The monoisotopic (exact) mass is 252 g/mol. The van der Waals surface area contributed by atoms with Gasteiger partial charge in [0.05, 0.1) is 5.56 Å². The number of carbonyl (C=O) groups is 1. The Bertz CT molecular complexity index is 443. The molecule has 0 saturated heterocycles. The van der Waals surface area contributed by atoms with Crippen molar-refractivity contribution in [1.82, 2.24) is 4.90 Å². The molecule has 0 spiro atoms. The highest BCUT2D eigenvalue weighted by Crippen LogP contribution is 2.19. The van der Waals surface area contributed by atoms with Crippen LogP contribution in [-0.4, -0.2) is 23.9 Å². The number of nitrogens with zero attached hydrogens (tertiary/aromatic N) is 1. The van der Waals surface area contributed by atoms with Gasteiger partial charge in [-0.05, 0) is 32.0 Å². The van der Waals surface area contributed by atoms with Crippen LogP contribution in [-0.2, 0) is 0 Å². The number of rotatable bonds is 4. The van der Waals surface area contributed by atoms with Crippen molar-refractivity contribution in [3.05, 3.63) is 40.9 Å². The molecule has 17 heavy (non-hydrogen) atoms. The lowest BCUT2D eigenvalue weighted by atomic mass is 10.1. The summed E-state index contributed by atoms with van der Waals surface area (Å²) in [4.78, 5) is 13.9. The molecule has 0 saturated carbocycles. The van der Waals surface area contributed by atoms with Crippen LogP contribution in [0, 0.1) is 0 Å². The number of halogens is 1. The van der Waals surface area contributed by atoms with E-state index in [-0.39, 0.29) is 5.91 Å². The van der Waals surface area contributed by atoms with Crippen LogP contribution in [0.3, 0.4) is 0 Å². The summed E-state index contributed by atoms with van der Waals surface area (Å²) in [5, 5.41) is 0.530. The van der Waals surface area contributed by atoms with Gasteiger partial charge in [-0.25, -0.2) is 0 Å². The molecule has 0 radical (unpaired) electrons. The molecule has 1 aromatic rings. The van der Waals surface area contributed by atoms with Gasteiger partial charge in [-0.15, -0.1) is 0 Å². The van der Waals surface area contributed by atoms with E-state index in [1.165, 1.54) is 0 Å². The molecule has 0 aromatic heterocycles. The van der Waals surface area contributed by atoms with E-state index in [2.05, 4.69) is 6.58 Å². The van der Waals surface area contributed by atoms with Gasteiger partial charge in [0.2, 0.25) is 0 Å². The first-order valence-corrected chi connectivity index (χ1v) is 5.82. The molecule has 0 aliphatic rings. The van der Waals surface area contributed by atoms with Crippen molar-refractivity contribution in [2.45, 2.75) is 13.8 Å². The summed E-state index contributed by atoms with van der Waals surface area (Å²) in [5.41, 5.74) is 7.62. The maximum absolute atomic E-state index is 12.2. The number of hydrogen-bond donors (Lipinski definition) is 1. The van der Waals surface area contributed by atoms with Crippen molar-refractivity contribution in [2.75, 3.05) is 18.8 Å². The molecule has 1 aromatic carbocycles. The number of benzene rings is 1. The predicted octanol–water partition coefficient (Wildman–Crippen LogP) is 2.96. The standard InChI is InChI=1S/C13H17ClN2O/c1-4-16(8-9(2)3)13(17)11-6-5-10(14)7-12(11)15/h5-7H,2,4,8,15H2,1,3H3. The average Bonchev–Trinajstić information content (AvgIpc) is 2.24. The fourth-order valence-electron chi connectivity index (χ4n) is 1.55. The van der Waals surface area contributed by atoms with E-state index in [1.54, 1.807) is 23.1 Å². The molecule has 0 aliphatic carbocycles. The molecular weight excluding hydrogens is 236 g/mol. The number of amides is 1. The molecule has 0 fully saturated rings. The number of hydrogen-bond acceptors (Lipinski definition) is 2. The minimum absolute atomic E-state index is 0.0929. The van der Waals surface area contributed by atoms with Gasteiger partial charge in [0.1, 0.15) is 0 Å². The number of carbonyl (C=O) groups excluding carboxylic acids is 1. The Labute approximate surface area is 107 Å². The molecule has 92 valence electrons. The highest BCUT2D eigenvalue weighted by atomic mass is 35.5. The lowest BCUT2D eigenvalue weighted by Crippen LogP contribution is -2.32. The zero-order chi connectivity index (χ0) is 13.0. The Morgan fingerprint density at radius 1 is 1.53 bits per heavy atom. The first-order chi connectivity index (χ1) is 7.95. The fraction of sp³-hybridized carbons (Fsp3) is 0.308. The van der Waals surface area contributed by atoms with E-state index in [0.717, 1.165) is 5.57 Å². The highest BCUT2D eigenvalue weighted by molar-refractivity contribution is 6.31. The molecule has 4 heteroatoms. The molecule has 0 aliphatic heterocycles. The highest BCUT2D eigenvalue weighted by Gasteiger charge is 2.16. The molecule has 0 heterocycles. The number of anilines is 1. The van der Waals surface area contributed by atoms with Gasteiger partial charge in [0.15, 0.2) is 0 Å². The van der Waals surface area contributed by atoms with Crippen molar-refractivity contribution in [3.63, 3.8) is 0 Å². The van der Waals surface area contributed by atoms with Gasteiger partial charge in [-0.1, -0.05) is 23.8 Å². The van der Waals surface area contributed by atoms with Crippen LogP contribution < -0.4 is 5.73 Å². The Hall–Kier alpha value is -1.48. The number of likely N-dealkylation sites (N-methyl/N-ethyl adjacent to an activating group) is 1. The van der Waals surface area contributed by atoms with E-state index in [9.17, 15) is 4.79 Å². The van der Waals surface area contributed by atoms with E-state index < -0.39 is 0 Å². The largest absolute Gasteiger partial charge is 0.398 e. The van der Waals surface area contributed by atoms with Gasteiger partial charge in [0.25, 0.3) is 5.91 Å². The second kappa shape index (κ2) is 5.73. The zero-order valence-electron chi connectivity index (χ0n) is 10.2. The lowest BCUT2D eigenvalue weighted by molar-refractivity contribution is 0.0779. The van der Waals surface area contributed by atoms with Crippen LogP contribution in [0.5, 0.6) is 0 Å². The summed E-state index contributed by atoms with van der Waals surface area (Å²) in [7, 11) is 0. The Morgan fingerprint density at radius 3 is 2.65 bits per heavy atom. The summed E-state index contributed by atoms with van der Waals surface area (Å²) >= 11 is 5.80. The van der Waals surface area contributed by atoms with Crippen molar-refractivity contribution in [3.8, 4) is 0 Å². The van der Waals surface area contributed by atoms with Crippen LogP contribution >= 0.6 is 11.6 Å². The SMILES string of the molecule is C=C(C)CN(CC)C(=O)c1ccc(Cl)cc1N. The first-order valence-electron chi connectivity index (χ1n) is 5.44. The van der Waals surface area contributed by atoms with Crippen molar-refractivity contribution >= 4 is 23.2 Å². The molecule has 1 amide bonds. The molecule has 0 bridgehead atoms. The topological polar surface area (TPSA) is 46.3 Å². The first kappa shape index (κ1) is 13.6. The van der Waals surface area contributed by atoms with Crippen LogP contribution in [0.1, 0.15) is 24.2 Å². The molecule has 0 atom stereocenters. The van der Waals surface area contributed by atoms with Crippen molar-refractivity contribution in [2.24, 2.45) is 0 Å². The van der Waals surface area contributed by atoms with E-state index in [0.29, 0.717) is 29.4 Å². The van der Waals surface area contributed by atoms with Crippen LogP contribution in [0.25, 0.3) is 0 Å². The third-order valence-corrected chi connectivity index (χ3v) is 2.61. The maximum Gasteiger partial charge on any atom is 0.256 e. The van der Waals surface area contributed by atoms with Gasteiger partial charge in [0, 0.05) is 23.8 Å². The van der Waals surface area contributed by atoms with Crippen molar-refractivity contribution in [1.29, 1.82) is 0 Å². The summed E-state index contributed by atoms with van der Waals surface area (Å²) in [6.45, 7) is 8.78. The molecule has 3 nitrogen and oxygen atoms in total. The lowest BCUT2D eigenvalue weighted by Gasteiger charge is -2.21. The Kier molecular flexibility index (Phi) is 4.58. The number of nitrogens with two attached hydrogens (primary N) is 1. The fourth-order valence-corrected chi connectivity index (χ4v) is 1.73. The summed E-state index contributed by atoms with van der Waals surface area (Å²) in [6.07, 6.45) is 0. The summed E-state index contributed by atoms with van der Waals surface area (Å²) in [5.74, 6) is -0.0929. The van der Waals surface area contributed by atoms with Gasteiger partial charge in [-0.3, -0.25) is 4.79 Å². The molecule has 0 unspecified atom stereocenters. The smallest absolute Gasteiger partial charge is 0.256 e. The van der Waals surface area contributed by atoms with Crippen LogP contribution in [0.15, 0.2) is 30.4 Å². The maximum atomic E-state index is 12.2. The normalized spacial score (nSPS) is 10.1. The van der Waals surface area contributed by atoms with Crippen LogP contribution in [0.4, 0.5) is 5.69 Å². The number of nitrogen functional groups attached to an aromatic ring is 1. The summed E-state index contributed by atoms with van der Waals surface area (Å²) in [6, 6.07) is 4.91. The third kappa shape index (κ3) is 3.49. The van der Waals surface area contributed by atoms with E-state index in [1.807, 2.05) is 13.8 Å². The van der Waals surface area contributed by atoms with Crippen LogP contribution in [0.2, 0.25) is 5.02 Å². The second-order valence-electron chi connectivity index (χ2n) is 4.01.